The third-order valence-electron chi connectivity index (χ3n) is 4.96. The summed E-state index contributed by atoms with van der Waals surface area (Å²) in [5.74, 6) is -0.135. The number of methoxy groups -OCH3 is 1. The second-order valence-electron chi connectivity index (χ2n) is 8.79. The van der Waals surface area contributed by atoms with Gasteiger partial charge in [0.15, 0.2) is 0 Å². The Labute approximate surface area is 196 Å². The molecule has 0 saturated carbocycles. The maximum absolute atomic E-state index is 14.4. The lowest BCUT2D eigenvalue weighted by molar-refractivity contribution is 0.396. The Morgan fingerprint density at radius 2 is 1.79 bits per heavy atom. The number of halogens is 1. The van der Waals surface area contributed by atoms with Crippen molar-refractivity contribution in [3.8, 4) is 11.4 Å². The molecule has 0 fully saturated rings. The van der Waals surface area contributed by atoms with Crippen molar-refractivity contribution >= 4 is 27.9 Å². The largest absolute Gasteiger partial charge is 0.496 e. The molecule has 10 heteroatoms. The molecular formula is C24H26FN3O5S. The molecule has 0 radical (unpaired) electrons. The first-order chi connectivity index (χ1) is 15.8. The quantitative estimate of drug-likeness (QED) is 0.517. The highest BCUT2D eigenvalue weighted by atomic mass is 32.2. The van der Waals surface area contributed by atoms with E-state index in [1.807, 2.05) is 26.8 Å². The lowest BCUT2D eigenvalue weighted by Gasteiger charge is -2.25. The van der Waals surface area contributed by atoms with E-state index in [1.54, 1.807) is 31.4 Å². The maximum atomic E-state index is 14.4. The van der Waals surface area contributed by atoms with E-state index in [9.17, 15) is 22.4 Å². The monoisotopic (exact) mass is 487 g/mol. The number of aromatic nitrogens is 2. The molecular weight excluding hydrogens is 461 g/mol. The van der Waals surface area contributed by atoms with E-state index in [-0.39, 0.29) is 11.1 Å². The average molecular weight is 488 g/mol. The van der Waals surface area contributed by atoms with E-state index in [2.05, 4.69) is 9.71 Å². The molecule has 180 valence electrons. The van der Waals surface area contributed by atoms with Crippen molar-refractivity contribution in [3.63, 3.8) is 0 Å². The fraction of sp³-hybridized carbons (Fsp3) is 0.250. The van der Waals surface area contributed by atoms with Gasteiger partial charge in [-0.1, -0.05) is 39.0 Å². The van der Waals surface area contributed by atoms with E-state index in [0.29, 0.717) is 22.6 Å². The number of rotatable bonds is 6. The van der Waals surface area contributed by atoms with Crippen LogP contribution in [0.1, 0.15) is 37.5 Å². The number of hydrogen-bond acceptors (Lipinski definition) is 5. The summed E-state index contributed by atoms with van der Waals surface area (Å²) < 4.78 is 46.3. The second-order valence-corrected chi connectivity index (χ2v) is 10.5. The number of nitrogens with one attached hydrogen (secondary N) is 2. The van der Waals surface area contributed by atoms with Crippen LogP contribution >= 0.6 is 0 Å². The van der Waals surface area contributed by atoms with Crippen molar-refractivity contribution in [2.24, 2.45) is 0 Å². The van der Waals surface area contributed by atoms with Crippen molar-refractivity contribution < 1.29 is 17.5 Å². The number of aromatic amines is 1. The zero-order valence-corrected chi connectivity index (χ0v) is 20.3. The molecule has 0 aliphatic rings. The van der Waals surface area contributed by atoms with Crippen LogP contribution in [0.15, 0.2) is 52.2 Å². The zero-order valence-electron chi connectivity index (χ0n) is 19.5. The molecule has 34 heavy (non-hydrogen) atoms. The predicted molar refractivity (Wildman–Crippen MR) is 132 cm³/mol. The van der Waals surface area contributed by atoms with Crippen LogP contribution in [0.3, 0.4) is 0 Å². The van der Waals surface area contributed by atoms with Crippen LogP contribution in [-0.4, -0.2) is 31.3 Å². The van der Waals surface area contributed by atoms with Crippen molar-refractivity contribution in [1.29, 1.82) is 0 Å². The summed E-state index contributed by atoms with van der Waals surface area (Å²) in [5.41, 5.74) is 0.886. The fourth-order valence-corrected chi connectivity index (χ4v) is 3.97. The molecule has 0 spiro atoms. The van der Waals surface area contributed by atoms with Gasteiger partial charge in [0.2, 0.25) is 10.0 Å². The minimum Gasteiger partial charge on any atom is -0.496 e. The Morgan fingerprint density at radius 3 is 2.35 bits per heavy atom. The van der Waals surface area contributed by atoms with Gasteiger partial charge in [0.25, 0.3) is 5.56 Å². The molecule has 0 unspecified atom stereocenters. The van der Waals surface area contributed by atoms with E-state index < -0.39 is 27.1 Å². The summed E-state index contributed by atoms with van der Waals surface area (Å²) in [6.07, 6.45) is 5.70. The van der Waals surface area contributed by atoms with Crippen LogP contribution in [0.25, 0.3) is 17.8 Å². The highest BCUT2D eigenvalue weighted by Crippen LogP contribution is 2.37. The molecule has 0 saturated heterocycles. The van der Waals surface area contributed by atoms with Crippen LogP contribution in [0.4, 0.5) is 10.1 Å². The van der Waals surface area contributed by atoms with Crippen molar-refractivity contribution in [3.05, 3.63) is 85.9 Å². The smallest absolute Gasteiger partial charge is 0.332 e. The van der Waals surface area contributed by atoms with Gasteiger partial charge in [-0.2, -0.15) is 0 Å². The molecule has 0 aliphatic heterocycles. The summed E-state index contributed by atoms with van der Waals surface area (Å²) in [7, 11) is -2.07. The zero-order chi connectivity index (χ0) is 25.3. The van der Waals surface area contributed by atoms with E-state index in [1.165, 1.54) is 29.0 Å². The highest BCUT2D eigenvalue weighted by Gasteiger charge is 2.22. The summed E-state index contributed by atoms with van der Waals surface area (Å²) in [6.45, 7) is 6.00. The van der Waals surface area contributed by atoms with Crippen molar-refractivity contribution in [2.45, 2.75) is 26.2 Å². The molecule has 3 rings (SSSR count). The summed E-state index contributed by atoms with van der Waals surface area (Å²) in [6, 6.07) is 8.91. The van der Waals surface area contributed by atoms with Gasteiger partial charge in [-0.05, 0) is 35.2 Å². The molecule has 0 aliphatic carbocycles. The maximum Gasteiger partial charge on any atom is 0.332 e. The van der Waals surface area contributed by atoms with Gasteiger partial charge in [-0.15, -0.1) is 0 Å². The van der Waals surface area contributed by atoms with Gasteiger partial charge in [0.05, 0.1) is 24.7 Å². The number of ether oxygens (including phenoxy) is 1. The lowest BCUT2D eigenvalue weighted by Crippen LogP contribution is -2.28. The number of benzene rings is 2. The molecule has 8 nitrogen and oxygen atoms in total. The topological polar surface area (TPSA) is 110 Å². The highest BCUT2D eigenvalue weighted by molar-refractivity contribution is 7.92. The average Bonchev–Trinajstić information content (AvgIpc) is 2.72. The van der Waals surface area contributed by atoms with Gasteiger partial charge in [0.1, 0.15) is 11.6 Å². The number of anilines is 1. The first-order valence-electron chi connectivity index (χ1n) is 10.3. The molecule has 0 amide bonds. The molecule has 0 bridgehead atoms. The Kier molecular flexibility index (Phi) is 6.83. The van der Waals surface area contributed by atoms with Gasteiger partial charge in [0, 0.05) is 23.4 Å². The van der Waals surface area contributed by atoms with Crippen LogP contribution in [-0.2, 0) is 15.4 Å². The minimum absolute atomic E-state index is 0.147. The molecule has 2 aromatic carbocycles. The molecule has 3 aromatic rings. The first-order valence-corrected chi connectivity index (χ1v) is 12.2. The van der Waals surface area contributed by atoms with E-state index in [4.69, 9.17) is 4.74 Å². The van der Waals surface area contributed by atoms with Gasteiger partial charge in [-0.3, -0.25) is 19.1 Å². The first kappa shape index (κ1) is 25.0. The normalized spacial score (nSPS) is 12.2. The third-order valence-corrected chi connectivity index (χ3v) is 5.55. The summed E-state index contributed by atoms with van der Waals surface area (Å²) >= 11 is 0. The second kappa shape index (κ2) is 9.30. The summed E-state index contributed by atoms with van der Waals surface area (Å²) in [5, 5.41) is 0. The van der Waals surface area contributed by atoms with Gasteiger partial charge >= 0.3 is 5.69 Å². The molecule has 1 heterocycles. The van der Waals surface area contributed by atoms with Crippen LogP contribution in [0.2, 0.25) is 0 Å². The fourth-order valence-electron chi connectivity index (χ4n) is 3.41. The van der Waals surface area contributed by atoms with Gasteiger partial charge < -0.3 is 4.74 Å². The minimum atomic E-state index is -3.61. The van der Waals surface area contributed by atoms with E-state index in [0.717, 1.165) is 11.8 Å². The Balaban J connectivity index is 2.13. The summed E-state index contributed by atoms with van der Waals surface area (Å²) in [4.78, 5) is 26.1. The van der Waals surface area contributed by atoms with Crippen molar-refractivity contribution in [1.82, 2.24) is 9.55 Å². The van der Waals surface area contributed by atoms with Crippen molar-refractivity contribution in [2.75, 3.05) is 18.1 Å². The molecule has 2 N–H and O–H groups in total. The van der Waals surface area contributed by atoms with Gasteiger partial charge in [-0.25, -0.2) is 17.6 Å². The standard InChI is InChI=1S/C24H26FN3O5S/c1-24(2,3)18-14-17(28-11-10-21(29)26-23(28)30)13-16(22(18)33-4)8-6-15-7-9-20(19(25)12-15)27-34(5,31)32/h6-14,27H,1-5H3,(H,26,29,30)/b8-6+. The van der Waals surface area contributed by atoms with Crippen LogP contribution < -0.4 is 20.7 Å². The number of hydrogen-bond donors (Lipinski definition) is 2. The Morgan fingerprint density at radius 1 is 1.09 bits per heavy atom. The number of H-pyrrole nitrogens is 1. The number of sulfonamides is 1. The molecule has 0 atom stereocenters. The number of nitrogens with zero attached hydrogens (tertiary/aromatic N) is 1. The molecule has 1 aromatic heterocycles. The SMILES string of the molecule is COc1c(/C=C/c2ccc(NS(C)(=O)=O)c(F)c2)cc(-n2ccc(=O)[nH]c2=O)cc1C(C)(C)C. The predicted octanol–water partition coefficient (Wildman–Crippen LogP) is 3.51. The van der Waals surface area contributed by atoms with Crippen LogP contribution in [0.5, 0.6) is 5.75 Å². The van der Waals surface area contributed by atoms with E-state index >= 15 is 0 Å². The Hall–Kier alpha value is -3.66. The lowest BCUT2D eigenvalue weighted by atomic mass is 9.84. The van der Waals surface area contributed by atoms with Crippen LogP contribution in [0, 0.1) is 5.82 Å². The third kappa shape index (κ3) is 5.82. The Bertz CT molecular complexity index is 1480.